The Morgan fingerprint density at radius 3 is 2.41 bits per heavy atom. The van der Waals surface area contributed by atoms with Crippen LogP contribution < -0.4 is 10.6 Å². The zero-order valence-electron chi connectivity index (χ0n) is 16.7. The minimum Gasteiger partial charge on any atom is -0.352 e. The van der Waals surface area contributed by atoms with Crippen LogP contribution >= 0.6 is 11.8 Å². The number of hydrogen-bond donors (Lipinski definition) is 2. The van der Waals surface area contributed by atoms with Crippen molar-refractivity contribution in [3.63, 3.8) is 0 Å². The normalized spacial score (nSPS) is 11.5. The molecule has 2 N–H and O–H groups in total. The molecule has 1 heterocycles. The van der Waals surface area contributed by atoms with E-state index in [4.69, 9.17) is 0 Å². The van der Waals surface area contributed by atoms with Gasteiger partial charge < -0.3 is 10.6 Å². The van der Waals surface area contributed by atoms with Gasteiger partial charge in [0, 0.05) is 38.3 Å². The van der Waals surface area contributed by atoms with Crippen LogP contribution in [0.25, 0.3) is 0 Å². The van der Waals surface area contributed by atoms with E-state index in [9.17, 15) is 4.39 Å². The van der Waals surface area contributed by atoms with Crippen molar-refractivity contribution < 1.29 is 4.39 Å². The summed E-state index contributed by atoms with van der Waals surface area (Å²) in [5.41, 5.74) is 4.48. The molecule has 1 aromatic heterocycles. The van der Waals surface area contributed by atoms with Gasteiger partial charge in [0.05, 0.1) is 6.54 Å². The molecule has 0 saturated heterocycles. The fourth-order valence-electron chi connectivity index (χ4n) is 3.09. The first-order chi connectivity index (χ1) is 14.2. The van der Waals surface area contributed by atoms with Gasteiger partial charge in [-0.25, -0.2) is 4.39 Å². The number of aliphatic imine (C=N–C) groups is 1. The molecule has 5 nitrogen and oxygen atoms in total. The van der Waals surface area contributed by atoms with Crippen molar-refractivity contribution in [2.75, 3.05) is 13.3 Å². The average Bonchev–Trinajstić information content (AvgIpc) is 3.24. The molecular formula is C22H26FN5S. The maximum atomic E-state index is 13.5. The summed E-state index contributed by atoms with van der Waals surface area (Å²) >= 11 is 1.68. The van der Waals surface area contributed by atoms with Gasteiger partial charge in [0.2, 0.25) is 0 Å². The minimum absolute atomic E-state index is 0.200. The van der Waals surface area contributed by atoms with E-state index in [2.05, 4.69) is 32.9 Å². The molecule has 0 spiro atoms. The first kappa shape index (κ1) is 20.9. The summed E-state index contributed by atoms with van der Waals surface area (Å²) in [5.74, 6) is 1.29. The molecule has 152 valence electrons. The van der Waals surface area contributed by atoms with Gasteiger partial charge >= 0.3 is 0 Å². The van der Waals surface area contributed by atoms with Gasteiger partial charge in [-0.15, -0.1) is 0 Å². The van der Waals surface area contributed by atoms with E-state index in [0.29, 0.717) is 19.0 Å². The quantitative estimate of drug-likeness (QED) is 0.437. The predicted octanol–water partition coefficient (Wildman–Crippen LogP) is 3.80. The van der Waals surface area contributed by atoms with E-state index >= 15 is 0 Å². The molecule has 0 aliphatic carbocycles. The Kier molecular flexibility index (Phi) is 7.69. The van der Waals surface area contributed by atoms with E-state index in [1.807, 2.05) is 41.4 Å². The summed E-state index contributed by atoms with van der Waals surface area (Å²) in [5, 5.41) is 11.0. The lowest BCUT2D eigenvalue weighted by Gasteiger charge is -2.16. The Labute approximate surface area is 175 Å². The fourth-order valence-corrected chi connectivity index (χ4v) is 3.67. The van der Waals surface area contributed by atoms with Gasteiger partial charge in [-0.1, -0.05) is 30.3 Å². The van der Waals surface area contributed by atoms with Crippen molar-refractivity contribution in [3.05, 3.63) is 89.0 Å². The lowest BCUT2D eigenvalue weighted by molar-refractivity contribution is 0.625. The smallest absolute Gasteiger partial charge is 0.191 e. The van der Waals surface area contributed by atoms with Gasteiger partial charge in [0.15, 0.2) is 5.96 Å². The molecule has 0 aliphatic rings. The molecule has 0 radical (unpaired) electrons. The van der Waals surface area contributed by atoms with Crippen molar-refractivity contribution in [2.24, 2.45) is 4.99 Å². The largest absolute Gasteiger partial charge is 0.352 e. The first-order valence-corrected chi connectivity index (χ1v) is 10.8. The summed E-state index contributed by atoms with van der Waals surface area (Å²) in [7, 11) is 1.75. The second kappa shape index (κ2) is 10.7. The zero-order chi connectivity index (χ0) is 20.5. The van der Waals surface area contributed by atoms with Crippen LogP contribution in [0.15, 0.2) is 65.9 Å². The van der Waals surface area contributed by atoms with E-state index in [1.165, 1.54) is 17.2 Å². The molecule has 29 heavy (non-hydrogen) atoms. The topological polar surface area (TPSA) is 54.2 Å². The van der Waals surface area contributed by atoms with Crippen molar-refractivity contribution >= 4 is 17.7 Å². The number of aromatic nitrogens is 2. The number of nitrogens with zero attached hydrogens (tertiary/aromatic N) is 3. The van der Waals surface area contributed by atoms with Crippen LogP contribution in [-0.2, 0) is 25.4 Å². The lowest BCUT2D eigenvalue weighted by Crippen LogP contribution is -2.36. The standard InChI is InChI=1S/C22H26FN5S/c1-24-22(26-14-18-8-9-21(23)12-20(18)16-29-2)25-13-17-6-3-4-7-19(17)15-28-11-5-10-27-28/h3-12H,13-16H2,1-2H3,(H2,24,25,26). The predicted molar refractivity (Wildman–Crippen MR) is 118 cm³/mol. The van der Waals surface area contributed by atoms with Crippen molar-refractivity contribution in [1.82, 2.24) is 20.4 Å². The Balaban J connectivity index is 1.61. The zero-order valence-corrected chi connectivity index (χ0v) is 17.5. The maximum absolute atomic E-state index is 13.5. The highest BCUT2D eigenvalue weighted by atomic mass is 32.2. The Hall–Kier alpha value is -2.80. The molecule has 0 atom stereocenters. The number of hydrogen-bond acceptors (Lipinski definition) is 3. The summed E-state index contributed by atoms with van der Waals surface area (Å²) in [6.07, 6.45) is 5.76. The summed E-state index contributed by atoms with van der Waals surface area (Å²) in [6, 6.07) is 15.2. The van der Waals surface area contributed by atoms with Gasteiger partial charge in [-0.2, -0.15) is 16.9 Å². The van der Waals surface area contributed by atoms with Crippen LogP contribution in [-0.4, -0.2) is 29.0 Å². The molecule has 0 fully saturated rings. The molecule has 0 saturated carbocycles. The van der Waals surface area contributed by atoms with Gasteiger partial charge in [0.25, 0.3) is 0 Å². The number of guanidine groups is 1. The summed E-state index contributed by atoms with van der Waals surface area (Å²) in [6.45, 7) is 1.97. The highest BCUT2D eigenvalue weighted by Crippen LogP contribution is 2.16. The number of rotatable bonds is 8. The Morgan fingerprint density at radius 1 is 1.03 bits per heavy atom. The molecule has 0 unspecified atom stereocenters. The van der Waals surface area contributed by atoms with Gasteiger partial charge in [-0.05, 0) is 46.7 Å². The third-order valence-corrected chi connectivity index (χ3v) is 5.19. The highest BCUT2D eigenvalue weighted by Gasteiger charge is 2.07. The molecule has 7 heteroatoms. The van der Waals surface area contributed by atoms with Crippen LogP contribution in [0.3, 0.4) is 0 Å². The second-order valence-electron chi connectivity index (χ2n) is 6.60. The lowest BCUT2D eigenvalue weighted by atomic mass is 10.1. The van der Waals surface area contributed by atoms with Crippen LogP contribution in [0, 0.1) is 5.82 Å². The molecule has 0 aliphatic heterocycles. The number of nitrogens with one attached hydrogen (secondary N) is 2. The molecule has 3 rings (SSSR count). The first-order valence-electron chi connectivity index (χ1n) is 9.44. The fraction of sp³-hybridized carbons (Fsp3) is 0.273. The van der Waals surface area contributed by atoms with Crippen molar-refractivity contribution in [3.8, 4) is 0 Å². The van der Waals surface area contributed by atoms with Gasteiger partial charge in [-0.3, -0.25) is 9.67 Å². The maximum Gasteiger partial charge on any atom is 0.191 e. The minimum atomic E-state index is -0.200. The number of benzene rings is 2. The van der Waals surface area contributed by atoms with E-state index in [1.54, 1.807) is 31.1 Å². The molecule has 2 aromatic carbocycles. The highest BCUT2D eigenvalue weighted by molar-refractivity contribution is 7.97. The van der Waals surface area contributed by atoms with E-state index in [-0.39, 0.29) is 5.82 Å². The Morgan fingerprint density at radius 2 is 1.76 bits per heavy atom. The molecular weight excluding hydrogens is 385 g/mol. The molecule has 3 aromatic rings. The van der Waals surface area contributed by atoms with Crippen molar-refractivity contribution in [1.29, 1.82) is 0 Å². The summed E-state index contributed by atoms with van der Waals surface area (Å²) < 4.78 is 15.5. The SMILES string of the molecule is CN=C(NCc1ccc(F)cc1CSC)NCc1ccccc1Cn1cccn1. The number of thioether (sulfide) groups is 1. The van der Waals surface area contributed by atoms with Crippen LogP contribution in [0.5, 0.6) is 0 Å². The third kappa shape index (κ3) is 6.09. The molecule has 0 amide bonds. The van der Waals surface area contributed by atoms with Gasteiger partial charge in [0.1, 0.15) is 5.82 Å². The number of halogens is 1. The molecule has 0 bridgehead atoms. The van der Waals surface area contributed by atoms with E-state index < -0.39 is 0 Å². The summed E-state index contributed by atoms with van der Waals surface area (Å²) in [4.78, 5) is 4.31. The van der Waals surface area contributed by atoms with E-state index in [0.717, 1.165) is 23.4 Å². The second-order valence-corrected chi connectivity index (χ2v) is 7.46. The third-order valence-electron chi connectivity index (χ3n) is 4.59. The van der Waals surface area contributed by atoms with Crippen LogP contribution in [0.2, 0.25) is 0 Å². The monoisotopic (exact) mass is 411 g/mol. The van der Waals surface area contributed by atoms with Crippen LogP contribution in [0.1, 0.15) is 22.3 Å². The Bertz CT molecular complexity index is 940. The average molecular weight is 412 g/mol. The van der Waals surface area contributed by atoms with Crippen molar-refractivity contribution in [2.45, 2.75) is 25.4 Å². The van der Waals surface area contributed by atoms with Crippen LogP contribution in [0.4, 0.5) is 4.39 Å².